The van der Waals surface area contributed by atoms with Gasteiger partial charge in [-0.1, -0.05) is 75.7 Å². The van der Waals surface area contributed by atoms with Gasteiger partial charge in [0.05, 0.1) is 6.04 Å². The molecule has 0 bridgehead atoms. The molecule has 9 heteroatoms. The van der Waals surface area contributed by atoms with Crippen molar-refractivity contribution in [3.05, 3.63) is 100 Å². The van der Waals surface area contributed by atoms with E-state index in [1.54, 1.807) is 0 Å². The zero-order chi connectivity index (χ0) is 23.5. The van der Waals surface area contributed by atoms with Gasteiger partial charge in [-0.2, -0.15) is 0 Å². The van der Waals surface area contributed by atoms with E-state index in [0.29, 0.717) is 11.0 Å². The number of nitrogens with zero attached hydrogens (tertiary/aromatic N) is 3. The van der Waals surface area contributed by atoms with Crippen LogP contribution in [0.5, 0.6) is 5.75 Å². The third-order valence-corrected chi connectivity index (χ3v) is 7.17. The fourth-order valence-corrected chi connectivity index (χ4v) is 4.99. The average molecular weight is 536 g/mol. The van der Waals surface area contributed by atoms with Crippen molar-refractivity contribution in [2.45, 2.75) is 30.0 Å². The average Bonchev–Trinajstić information content (AvgIpc) is 3.26. The van der Waals surface area contributed by atoms with Crippen molar-refractivity contribution in [3.63, 3.8) is 0 Å². The first kappa shape index (κ1) is 22.5. The van der Waals surface area contributed by atoms with E-state index >= 15 is 0 Å². The molecule has 0 radical (unpaired) electrons. The van der Waals surface area contributed by atoms with Crippen molar-refractivity contribution in [3.8, 4) is 5.75 Å². The van der Waals surface area contributed by atoms with Gasteiger partial charge in [0.2, 0.25) is 11.1 Å². The molecule has 1 aliphatic heterocycles. The number of hydrogen-bond donors (Lipinski definition) is 2. The van der Waals surface area contributed by atoms with Gasteiger partial charge in [0, 0.05) is 10.2 Å². The minimum atomic E-state index is -0.453. The molecular weight excluding hydrogens is 514 g/mol. The molecule has 34 heavy (non-hydrogen) atoms. The van der Waals surface area contributed by atoms with Crippen molar-refractivity contribution >= 4 is 39.3 Å². The minimum absolute atomic E-state index is 0.110. The van der Waals surface area contributed by atoms with E-state index in [1.165, 1.54) is 11.8 Å². The van der Waals surface area contributed by atoms with Crippen LogP contribution in [0.15, 0.2) is 88.5 Å². The number of anilines is 1. The van der Waals surface area contributed by atoms with Gasteiger partial charge in [0.1, 0.15) is 17.6 Å². The number of ether oxygens (including phenoxy) is 1. The summed E-state index contributed by atoms with van der Waals surface area (Å²) >= 11 is 4.81. The van der Waals surface area contributed by atoms with Crippen molar-refractivity contribution < 1.29 is 9.53 Å². The second-order valence-electron chi connectivity index (χ2n) is 7.89. The van der Waals surface area contributed by atoms with Gasteiger partial charge >= 0.3 is 0 Å². The Kier molecular flexibility index (Phi) is 6.55. The van der Waals surface area contributed by atoms with Gasteiger partial charge in [-0.3, -0.25) is 4.79 Å². The van der Waals surface area contributed by atoms with E-state index in [9.17, 15) is 4.79 Å². The molecule has 0 unspecified atom stereocenters. The van der Waals surface area contributed by atoms with Gasteiger partial charge in [-0.25, -0.2) is 4.68 Å². The zero-order valence-electron chi connectivity index (χ0n) is 18.3. The Balaban J connectivity index is 1.41. The number of para-hydroxylation sites is 1. The molecule has 0 fully saturated rings. The van der Waals surface area contributed by atoms with Crippen LogP contribution in [0.3, 0.4) is 0 Å². The highest BCUT2D eigenvalue weighted by molar-refractivity contribution is 9.10. The lowest BCUT2D eigenvalue weighted by atomic mass is 10.0. The van der Waals surface area contributed by atoms with Gasteiger partial charge < -0.3 is 15.5 Å². The summed E-state index contributed by atoms with van der Waals surface area (Å²) in [4.78, 5) is 13.4. The molecule has 0 saturated heterocycles. The summed E-state index contributed by atoms with van der Waals surface area (Å²) in [5.41, 5.74) is 6.36. The lowest BCUT2D eigenvalue weighted by Gasteiger charge is -2.33. The minimum Gasteiger partial charge on any atom is -0.486 e. The molecule has 0 spiro atoms. The Morgan fingerprint density at radius 2 is 1.79 bits per heavy atom. The summed E-state index contributed by atoms with van der Waals surface area (Å²) in [6.07, 6.45) is 0. The number of thioether (sulfide) groups is 1. The molecule has 2 heterocycles. The van der Waals surface area contributed by atoms with Crippen LogP contribution < -0.4 is 15.5 Å². The van der Waals surface area contributed by atoms with Gasteiger partial charge in [-0.15, -0.1) is 10.2 Å². The summed E-state index contributed by atoms with van der Waals surface area (Å²) in [7, 11) is 0. The summed E-state index contributed by atoms with van der Waals surface area (Å²) in [6, 6.07) is 25.0. The van der Waals surface area contributed by atoms with Crippen LogP contribution in [-0.4, -0.2) is 26.0 Å². The number of aromatic nitrogens is 3. The van der Waals surface area contributed by atoms with Crippen LogP contribution >= 0.6 is 27.7 Å². The highest BCUT2D eigenvalue weighted by Crippen LogP contribution is 2.37. The molecular formula is C25H22BrN5O2S. The van der Waals surface area contributed by atoms with E-state index in [-0.39, 0.29) is 18.6 Å². The second kappa shape index (κ2) is 9.90. The molecule has 172 valence electrons. The second-order valence-corrected chi connectivity index (χ2v) is 9.91. The first-order valence-corrected chi connectivity index (χ1v) is 12.4. The Morgan fingerprint density at radius 3 is 2.53 bits per heavy atom. The normalized spacial score (nSPS) is 16.9. The number of aryl methyl sites for hydroxylation is 1. The number of benzene rings is 3. The smallest absolute Gasteiger partial charge is 0.240 e. The standard InChI is InChI=1S/C25H22BrN5O2S/c1-16-7-9-17(10-8-16)22-23(24(32)27-19-13-11-18(26)12-14-19)34-25-29-28-21(31(25)30-22)15-33-20-5-3-2-4-6-20/h2-14,22-23,30H,15H2,1H3,(H,27,32)/t22-,23+/m0/s1. The van der Waals surface area contributed by atoms with Gasteiger partial charge in [0.15, 0.2) is 5.82 Å². The number of fused-ring (bicyclic) bond motifs is 1. The molecule has 0 saturated carbocycles. The number of nitrogens with one attached hydrogen (secondary N) is 2. The third kappa shape index (κ3) is 4.95. The predicted octanol–water partition coefficient (Wildman–Crippen LogP) is 5.33. The van der Waals surface area contributed by atoms with E-state index < -0.39 is 5.25 Å². The van der Waals surface area contributed by atoms with Crippen molar-refractivity contribution in [1.82, 2.24) is 14.9 Å². The zero-order valence-corrected chi connectivity index (χ0v) is 20.7. The van der Waals surface area contributed by atoms with Gasteiger partial charge in [-0.05, 0) is 48.9 Å². The number of rotatable bonds is 6. The Bertz CT molecular complexity index is 1280. The molecule has 4 aromatic rings. The molecule has 2 atom stereocenters. The number of amides is 1. The number of halogens is 1. The van der Waals surface area contributed by atoms with Crippen LogP contribution in [0.25, 0.3) is 0 Å². The number of carbonyl (C=O) groups excluding carboxylic acids is 1. The third-order valence-electron chi connectivity index (χ3n) is 5.42. The van der Waals surface area contributed by atoms with E-state index in [0.717, 1.165) is 27.0 Å². The molecule has 1 aromatic heterocycles. The molecule has 2 N–H and O–H groups in total. The lowest BCUT2D eigenvalue weighted by Crippen LogP contribution is -2.41. The van der Waals surface area contributed by atoms with Crippen molar-refractivity contribution in [1.29, 1.82) is 0 Å². The largest absolute Gasteiger partial charge is 0.486 e. The molecule has 1 amide bonds. The fraction of sp³-hybridized carbons (Fsp3) is 0.160. The van der Waals surface area contributed by atoms with Crippen LogP contribution in [-0.2, 0) is 11.4 Å². The van der Waals surface area contributed by atoms with Crippen LogP contribution in [0.4, 0.5) is 5.69 Å². The van der Waals surface area contributed by atoms with E-state index in [1.807, 2.05) is 90.5 Å². The van der Waals surface area contributed by atoms with Crippen LogP contribution in [0.2, 0.25) is 0 Å². The molecule has 5 rings (SSSR count). The Morgan fingerprint density at radius 1 is 1.06 bits per heavy atom. The Labute approximate surface area is 210 Å². The van der Waals surface area contributed by atoms with Crippen LogP contribution in [0, 0.1) is 6.92 Å². The monoisotopic (exact) mass is 535 g/mol. The first-order valence-electron chi connectivity index (χ1n) is 10.8. The summed E-state index contributed by atoms with van der Waals surface area (Å²) in [5.74, 6) is 1.28. The lowest BCUT2D eigenvalue weighted by molar-refractivity contribution is -0.116. The predicted molar refractivity (Wildman–Crippen MR) is 136 cm³/mol. The van der Waals surface area contributed by atoms with E-state index in [2.05, 4.69) is 36.9 Å². The number of carbonyl (C=O) groups is 1. The topological polar surface area (TPSA) is 81.1 Å². The fourth-order valence-electron chi connectivity index (χ4n) is 3.63. The maximum atomic E-state index is 13.4. The van der Waals surface area contributed by atoms with E-state index in [4.69, 9.17) is 4.74 Å². The van der Waals surface area contributed by atoms with Gasteiger partial charge in [0.25, 0.3) is 0 Å². The molecule has 1 aliphatic rings. The summed E-state index contributed by atoms with van der Waals surface area (Å²) in [6.45, 7) is 2.29. The van der Waals surface area contributed by atoms with Crippen molar-refractivity contribution in [2.24, 2.45) is 0 Å². The SMILES string of the molecule is Cc1ccc([C@@H]2Nn3c(COc4ccccc4)nnc3S[C@H]2C(=O)Nc2ccc(Br)cc2)cc1. The maximum Gasteiger partial charge on any atom is 0.240 e. The maximum absolute atomic E-state index is 13.4. The first-order chi connectivity index (χ1) is 16.6. The Hall–Kier alpha value is -3.30. The number of hydrogen-bond acceptors (Lipinski definition) is 6. The highest BCUT2D eigenvalue weighted by Gasteiger charge is 2.38. The quantitative estimate of drug-likeness (QED) is 0.347. The summed E-state index contributed by atoms with van der Waals surface area (Å²) < 4.78 is 8.66. The molecule has 7 nitrogen and oxygen atoms in total. The van der Waals surface area contributed by atoms with Crippen LogP contribution in [0.1, 0.15) is 23.0 Å². The molecule has 3 aromatic carbocycles. The highest BCUT2D eigenvalue weighted by atomic mass is 79.9. The van der Waals surface area contributed by atoms with Crippen molar-refractivity contribution in [2.75, 3.05) is 10.7 Å². The summed E-state index contributed by atoms with van der Waals surface area (Å²) in [5, 5.41) is 11.8. The molecule has 0 aliphatic carbocycles.